The summed E-state index contributed by atoms with van der Waals surface area (Å²) in [6, 6.07) is 19.4. The van der Waals surface area contributed by atoms with E-state index in [1.165, 1.54) is 17.7 Å². The Balaban J connectivity index is 0.000000216. The molecular weight excluding hydrogens is 485 g/mol. The summed E-state index contributed by atoms with van der Waals surface area (Å²) < 4.78 is 12.7. The van der Waals surface area contributed by atoms with Gasteiger partial charge in [-0.15, -0.1) is 11.8 Å². The highest BCUT2D eigenvalue weighted by Crippen LogP contribution is 2.27. The van der Waals surface area contributed by atoms with Crippen molar-refractivity contribution in [3.8, 4) is 0 Å². The molecule has 2 nitrogen and oxygen atoms in total. The monoisotopic (exact) mass is 502 g/mol. The van der Waals surface area contributed by atoms with Crippen molar-refractivity contribution in [2.45, 2.75) is 10.6 Å². The van der Waals surface area contributed by atoms with Crippen LogP contribution in [-0.2, 0) is 5.75 Å². The van der Waals surface area contributed by atoms with Crippen LogP contribution in [0, 0.1) is 5.82 Å². The summed E-state index contributed by atoms with van der Waals surface area (Å²) in [4.78, 5) is 6.89. The first-order valence-corrected chi connectivity index (χ1v) is 11.2. The van der Waals surface area contributed by atoms with Crippen molar-refractivity contribution < 1.29 is 4.39 Å². The topological polar surface area (TPSA) is 15.6 Å². The number of hydrogen-bond acceptors (Lipinski definition) is 2. The number of rotatable bonds is 4. The molecule has 0 saturated carbocycles. The van der Waals surface area contributed by atoms with Crippen molar-refractivity contribution in [2.24, 2.45) is 4.99 Å². The standard InChI is InChI=1S/C13H10ClFS.C9H9Cl3N2/c14-11-3-1-10(2-4-11)9-16-13-7-5-12(15)6-8-13;1-14(2)9(12)13-6-3-4-7(10)8(11)5-6/h1-8H,9H2;3-5H,1-2H3. The first-order valence-electron chi connectivity index (χ1n) is 8.74. The Morgan fingerprint density at radius 3 is 2.10 bits per heavy atom. The molecule has 0 spiro atoms. The zero-order valence-electron chi connectivity index (χ0n) is 16.3. The van der Waals surface area contributed by atoms with E-state index in [1.807, 2.05) is 38.4 Å². The molecule has 0 N–H and O–H groups in total. The molecular formula is C22H19Cl4FN2S. The Labute approximate surface area is 200 Å². The Morgan fingerprint density at radius 1 is 0.900 bits per heavy atom. The second-order valence-electron chi connectivity index (χ2n) is 6.24. The number of nitrogens with zero attached hydrogens (tertiary/aromatic N) is 2. The molecule has 0 amide bonds. The summed E-state index contributed by atoms with van der Waals surface area (Å²) in [5.41, 5.74) is 1.89. The third-order valence-electron chi connectivity index (χ3n) is 3.63. The summed E-state index contributed by atoms with van der Waals surface area (Å²) >= 11 is 24.9. The van der Waals surface area contributed by atoms with Gasteiger partial charge >= 0.3 is 0 Å². The number of hydrogen-bond donors (Lipinski definition) is 0. The van der Waals surface area contributed by atoms with Gasteiger partial charge in [0.05, 0.1) is 15.7 Å². The van der Waals surface area contributed by atoms with Gasteiger partial charge in [0.25, 0.3) is 0 Å². The van der Waals surface area contributed by atoms with Crippen LogP contribution in [0.5, 0.6) is 0 Å². The van der Waals surface area contributed by atoms with Crippen LogP contribution in [0.25, 0.3) is 0 Å². The predicted octanol–water partition coefficient (Wildman–Crippen LogP) is 8.55. The number of amidine groups is 1. The summed E-state index contributed by atoms with van der Waals surface area (Å²) in [6.45, 7) is 0. The van der Waals surface area contributed by atoms with E-state index < -0.39 is 0 Å². The van der Waals surface area contributed by atoms with Gasteiger partial charge in [0.2, 0.25) is 0 Å². The van der Waals surface area contributed by atoms with Crippen molar-refractivity contribution in [1.82, 2.24) is 4.90 Å². The summed E-state index contributed by atoms with van der Waals surface area (Å²) in [6.07, 6.45) is 0. The van der Waals surface area contributed by atoms with E-state index in [1.54, 1.807) is 47.0 Å². The van der Waals surface area contributed by atoms with Crippen LogP contribution in [0.3, 0.4) is 0 Å². The fourth-order valence-corrected chi connectivity index (χ4v) is 3.41. The third kappa shape index (κ3) is 8.75. The maximum atomic E-state index is 12.7. The molecule has 3 rings (SSSR count). The van der Waals surface area contributed by atoms with Gasteiger partial charge in [0.15, 0.2) is 5.29 Å². The van der Waals surface area contributed by atoms with Gasteiger partial charge in [-0.3, -0.25) is 0 Å². The number of benzene rings is 3. The highest BCUT2D eigenvalue weighted by Gasteiger charge is 2.01. The van der Waals surface area contributed by atoms with Gasteiger partial charge in [0, 0.05) is 29.8 Å². The van der Waals surface area contributed by atoms with Gasteiger partial charge < -0.3 is 4.90 Å². The minimum Gasteiger partial charge on any atom is -0.353 e. The molecule has 30 heavy (non-hydrogen) atoms. The summed E-state index contributed by atoms with van der Waals surface area (Å²) in [5.74, 6) is 0.666. The molecule has 0 unspecified atom stereocenters. The van der Waals surface area contributed by atoms with Crippen LogP contribution in [0.1, 0.15) is 5.56 Å². The molecule has 0 heterocycles. The zero-order valence-corrected chi connectivity index (χ0v) is 20.1. The van der Waals surface area contributed by atoms with E-state index in [0.29, 0.717) is 21.0 Å². The molecule has 3 aromatic rings. The van der Waals surface area contributed by atoms with Crippen molar-refractivity contribution in [3.63, 3.8) is 0 Å². The van der Waals surface area contributed by atoms with Crippen LogP contribution in [-0.4, -0.2) is 24.3 Å². The number of aliphatic imine (C=N–C) groups is 1. The lowest BCUT2D eigenvalue weighted by atomic mass is 10.2. The van der Waals surface area contributed by atoms with Crippen LogP contribution in [0.4, 0.5) is 10.1 Å². The third-order valence-corrected chi connectivity index (χ3v) is 6.12. The van der Waals surface area contributed by atoms with E-state index in [-0.39, 0.29) is 5.82 Å². The smallest absolute Gasteiger partial charge is 0.198 e. The molecule has 3 aromatic carbocycles. The quantitative estimate of drug-likeness (QED) is 0.153. The predicted molar refractivity (Wildman–Crippen MR) is 131 cm³/mol. The lowest BCUT2D eigenvalue weighted by Crippen LogP contribution is -2.15. The SMILES string of the molecule is CN(C)C(Cl)=Nc1ccc(Cl)c(Cl)c1.Fc1ccc(SCc2ccc(Cl)cc2)cc1. The fraction of sp³-hybridized carbons (Fsp3) is 0.136. The largest absolute Gasteiger partial charge is 0.353 e. The van der Waals surface area contributed by atoms with Crippen LogP contribution < -0.4 is 0 Å². The number of halogens is 5. The van der Waals surface area contributed by atoms with Crippen molar-refractivity contribution in [1.29, 1.82) is 0 Å². The average Bonchev–Trinajstić information content (AvgIpc) is 2.72. The normalized spacial score (nSPS) is 11.0. The molecule has 0 aromatic heterocycles. The molecule has 0 radical (unpaired) electrons. The molecule has 0 saturated heterocycles. The Hall–Kier alpha value is -1.43. The average molecular weight is 504 g/mol. The highest BCUT2D eigenvalue weighted by atomic mass is 35.5. The Kier molecular flexibility index (Phi) is 10.3. The summed E-state index contributed by atoms with van der Waals surface area (Å²) in [7, 11) is 3.62. The van der Waals surface area contributed by atoms with Crippen molar-refractivity contribution in [3.05, 3.63) is 93.2 Å². The van der Waals surface area contributed by atoms with Crippen LogP contribution in [0.2, 0.25) is 15.1 Å². The molecule has 8 heteroatoms. The van der Waals surface area contributed by atoms with Crippen molar-refractivity contribution in [2.75, 3.05) is 14.1 Å². The molecule has 0 fully saturated rings. The van der Waals surface area contributed by atoms with Gasteiger partial charge in [-0.25, -0.2) is 9.38 Å². The zero-order chi connectivity index (χ0) is 22.1. The second kappa shape index (κ2) is 12.4. The lowest BCUT2D eigenvalue weighted by Gasteiger charge is -2.08. The summed E-state index contributed by atoms with van der Waals surface area (Å²) in [5, 5.41) is 2.11. The van der Waals surface area contributed by atoms with E-state index >= 15 is 0 Å². The molecule has 0 atom stereocenters. The molecule has 0 aliphatic rings. The maximum absolute atomic E-state index is 12.7. The van der Waals surface area contributed by atoms with Crippen LogP contribution in [0.15, 0.2) is 76.6 Å². The van der Waals surface area contributed by atoms with E-state index in [9.17, 15) is 4.39 Å². The first kappa shape index (κ1) is 24.8. The molecule has 0 bridgehead atoms. The van der Waals surface area contributed by atoms with E-state index in [4.69, 9.17) is 46.4 Å². The minimum absolute atomic E-state index is 0.198. The van der Waals surface area contributed by atoms with Gasteiger partial charge in [-0.2, -0.15) is 0 Å². The fourth-order valence-electron chi connectivity index (χ4n) is 2.04. The van der Waals surface area contributed by atoms with E-state index in [0.717, 1.165) is 15.7 Å². The maximum Gasteiger partial charge on any atom is 0.198 e. The Morgan fingerprint density at radius 2 is 1.53 bits per heavy atom. The molecule has 0 aliphatic carbocycles. The first-order chi connectivity index (χ1) is 14.2. The minimum atomic E-state index is -0.198. The van der Waals surface area contributed by atoms with Crippen molar-refractivity contribution >= 4 is 69.1 Å². The van der Waals surface area contributed by atoms with E-state index in [2.05, 4.69) is 4.99 Å². The second-order valence-corrected chi connectivity index (χ2v) is 8.88. The van der Waals surface area contributed by atoms with Gasteiger partial charge in [-0.1, -0.05) is 46.9 Å². The van der Waals surface area contributed by atoms with Crippen LogP contribution >= 0.6 is 58.2 Å². The lowest BCUT2D eigenvalue weighted by molar-refractivity contribution is 0.626. The molecule has 0 aliphatic heterocycles. The van der Waals surface area contributed by atoms with Gasteiger partial charge in [-0.05, 0) is 71.8 Å². The molecule has 158 valence electrons. The Bertz CT molecular complexity index is 932. The highest BCUT2D eigenvalue weighted by molar-refractivity contribution is 7.98. The van der Waals surface area contributed by atoms with Gasteiger partial charge in [0.1, 0.15) is 5.82 Å². The number of thioether (sulfide) groups is 1.